The Morgan fingerprint density at radius 3 is 2.40 bits per heavy atom. The van der Waals surface area contributed by atoms with Crippen molar-refractivity contribution in [2.75, 3.05) is 13.1 Å². The Bertz CT molecular complexity index is 1210. The molecule has 35 heavy (non-hydrogen) atoms. The summed E-state index contributed by atoms with van der Waals surface area (Å²) in [5, 5.41) is 4.38. The zero-order chi connectivity index (χ0) is 24.0. The minimum absolute atomic E-state index is 0.0780. The molecular weight excluding hydrogens is 436 g/mol. The Hall–Kier alpha value is -3.15. The predicted molar refractivity (Wildman–Crippen MR) is 135 cm³/mol. The largest absolute Gasteiger partial charge is 0.339 e. The fraction of sp³-hybridized carbons (Fsp3) is 0.483. The maximum atomic E-state index is 13.9. The van der Waals surface area contributed by atoms with Crippen molar-refractivity contribution in [2.24, 2.45) is 11.3 Å². The van der Waals surface area contributed by atoms with Crippen LogP contribution in [0.5, 0.6) is 0 Å². The molecule has 0 radical (unpaired) electrons. The summed E-state index contributed by atoms with van der Waals surface area (Å²) >= 11 is 0. The molecule has 0 saturated carbocycles. The highest BCUT2D eigenvalue weighted by Crippen LogP contribution is 2.44. The van der Waals surface area contributed by atoms with Gasteiger partial charge >= 0.3 is 0 Å². The van der Waals surface area contributed by atoms with Gasteiger partial charge in [0, 0.05) is 48.5 Å². The number of amides is 2. The number of hydrogen-bond donors (Lipinski definition) is 0. The Morgan fingerprint density at radius 1 is 0.971 bits per heavy atom. The van der Waals surface area contributed by atoms with Crippen molar-refractivity contribution in [3.05, 3.63) is 72.1 Å². The van der Waals surface area contributed by atoms with Crippen LogP contribution < -0.4 is 0 Å². The van der Waals surface area contributed by atoms with Crippen LogP contribution >= 0.6 is 0 Å². The number of nitrogens with zero attached hydrogens (tertiary/aromatic N) is 4. The van der Waals surface area contributed by atoms with Gasteiger partial charge in [-0.05, 0) is 80.7 Å². The standard InChI is InChI=1S/C29H34N4O2/c1-29(12-16-31(17-13-29)27(34)22-6-3-2-4-7-22)28(35)33-24-9-10-25(33)20-21(19-24)18-23-8-5-15-32-26(23)11-14-30-32/h2-8,11,14-15,21,24-25H,9-10,12-13,16-20H2,1H3. The lowest BCUT2D eigenvalue weighted by Crippen LogP contribution is -2.55. The molecule has 0 N–H and O–H groups in total. The van der Waals surface area contributed by atoms with Gasteiger partial charge in [0.25, 0.3) is 5.91 Å². The van der Waals surface area contributed by atoms with E-state index in [1.54, 1.807) is 0 Å². The molecule has 182 valence electrons. The number of piperidine rings is 2. The summed E-state index contributed by atoms with van der Waals surface area (Å²) in [7, 11) is 0. The van der Waals surface area contributed by atoms with E-state index in [2.05, 4.69) is 35.1 Å². The van der Waals surface area contributed by atoms with Gasteiger partial charge in [0.05, 0.1) is 5.52 Å². The van der Waals surface area contributed by atoms with E-state index in [1.807, 2.05) is 52.1 Å². The summed E-state index contributed by atoms with van der Waals surface area (Å²) in [4.78, 5) is 31.0. The molecule has 1 aromatic carbocycles. The van der Waals surface area contributed by atoms with Crippen LogP contribution in [0, 0.1) is 11.3 Å². The van der Waals surface area contributed by atoms with E-state index in [4.69, 9.17) is 0 Å². The first kappa shape index (κ1) is 22.3. The van der Waals surface area contributed by atoms with E-state index in [9.17, 15) is 9.59 Å². The van der Waals surface area contributed by atoms with Gasteiger partial charge in [0.15, 0.2) is 0 Å². The third-order valence-electron chi connectivity index (χ3n) is 8.79. The van der Waals surface area contributed by atoms with Gasteiger partial charge in [-0.2, -0.15) is 5.10 Å². The van der Waals surface area contributed by atoms with Gasteiger partial charge in [0.1, 0.15) is 0 Å². The summed E-state index contributed by atoms with van der Waals surface area (Å²) in [6.45, 7) is 3.43. The second kappa shape index (κ2) is 8.81. The van der Waals surface area contributed by atoms with E-state index in [1.165, 1.54) is 11.1 Å². The molecule has 2 bridgehead atoms. The Balaban J connectivity index is 1.10. The number of rotatable bonds is 4. The summed E-state index contributed by atoms with van der Waals surface area (Å²) < 4.78 is 1.96. The van der Waals surface area contributed by atoms with Crippen LogP contribution in [0.1, 0.15) is 61.4 Å². The molecule has 3 fully saturated rings. The van der Waals surface area contributed by atoms with Crippen LogP contribution in [0.25, 0.3) is 5.52 Å². The molecule has 0 aliphatic carbocycles. The van der Waals surface area contributed by atoms with Gasteiger partial charge in [-0.25, -0.2) is 4.52 Å². The molecule has 3 saturated heterocycles. The lowest BCUT2D eigenvalue weighted by molar-refractivity contribution is -0.149. The SMILES string of the molecule is CC1(C(=O)N2C3CCC2CC(Cc2cccn4nccc24)C3)CCN(C(=O)c2ccccc2)CC1. The molecule has 2 atom stereocenters. The van der Waals surface area contributed by atoms with Crippen molar-refractivity contribution in [1.29, 1.82) is 0 Å². The number of carbonyl (C=O) groups excluding carboxylic acids is 2. The van der Waals surface area contributed by atoms with Crippen molar-refractivity contribution in [1.82, 2.24) is 19.4 Å². The zero-order valence-electron chi connectivity index (χ0n) is 20.5. The smallest absolute Gasteiger partial charge is 0.253 e. The highest BCUT2D eigenvalue weighted by Gasteiger charge is 2.49. The molecule has 3 aliphatic heterocycles. The Kier molecular flexibility index (Phi) is 5.62. The van der Waals surface area contributed by atoms with E-state index >= 15 is 0 Å². The van der Waals surface area contributed by atoms with Crippen molar-refractivity contribution < 1.29 is 9.59 Å². The maximum Gasteiger partial charge on any atom is 0.253 e. The highest BCUT2D eigenvalue weighted by atomic mass is 16.2. The number of aromatic nitrogens is 2. The number of likely N-dealkylation sites (tertiary alicyclic amines) is 1. The number of hydrogen-bond acceptors (Lipinski definition) is 3. The van der Waals surface area contributed by atoms with Crippen molar-refractivity contribution in [2.45, 2.75) is 64.0 Å². The van der Waals surface area contributed by atoms with Crippen LogP contribution in [0.2, 0.25) is 0 Å². The van der Waals surface area contributed by atoms with Crippen LogP contribution in [0.15, 0.2) is 60.9 Å². The summed E-state index contributed by atoms with van der Waals surface area (Å²) in [6.07, 6.45) is 10.8. The van der Waals surface area contributed by atoms with Gasteiger partial charge in [-0.1, -0.05) is 31.2 Å². The second-order valence-electron chi connectivity index (χ2n) is 11.1. The average molecular weight is 471 g/mol. The molecule has 6 heteroatoms. The molecule has 0 spiro atoms. The lowest BCUT2D eigenvalue weighted by Gasteiger charge is -2.46. The molecule has 6 nitrogen and oxygen atoms in total. The van der Waals surface area contributed by atoms with Gasteiger partial charge in [0.2, 0.25) is 5.91 Å². The van der Waals surface area contributed by atoms with E-state index in [-0.39, 0.29) is 11.3 Å². The predicted octanol–water partition coefficient (Wildman–Crippen LogP) is 4.59. The van der Waals surface area contributed by atoms with Crippen molar-refractivity contribution in [3.63, 3.8) is 0 Å². The van der Waals surface area contributed by atoms with Crippen LogP contribution in [0.4, 0.5) is 0 Å². The van der Waals surface area contributed by atoms with Crippen molar-refractivity contribution >= 4 is 17.3 Å². The summed E-state index contributed by atoms with van der Waals surface area (Å²) in [6, 6.07) is 16.6. The fourth-order valence-corrected chi connectivity index (χ4v) is 6.78. The van der Waals surface area contributed by atoms with Gasteiger partial charge in [-0.15, -0.1) is 0 Å². The third kappa shape index (κ3) is 4.03. The topological polar surface area (TPSA) is 57.9 Å². The quantitative estimate of drug-likeness (QED) is 0.560. The summed E-state index contributed by atoms with van der Waals surface area (Å²) in [5.41, 5.74) is 2.91. The number of fused-ring (bicyclic) bond motifs is 3. The molecular formula is C29H34N4O2. The first-order valence-electron chi connectivity index (χ1n) is 13.1. The molecule has 2 amide bonds. The van der Waals surface area contributed by atoms with E-state index < -0.39 is 0 Å². The lowest BCUT2D eigenvalue weighted by atomic mass is 9.77. The molecule has 5 heterocycles. The molecule has 3 aliphatic rings. The van der Waals surface area contributed by atoms with Gasteiger partial charge < -0.3 is 9.80 Å². The van der Waals surface area contributed by atoms with Crippen LogP contribution in [0.3, 0.4) is 0 Å². The molecule has 2 aromatic heterocycles. The zero-order valence-corrected chi connectivity index (χ0v) is 20.5. The minimum Gasteiger partial charge on any atom is -0.339 e. The first-order chi connectivity index (χ1) is 17.0. The van der Waals surface area contributed by atoms with Gasteiger partial charge in [-0.3, -0.25) is 9.59 Å². The monoisotopic (exact) mass is 470 g/mol. The van der Waals surface area contributed by atoms with Crippen molar-refractivity contribution in [3.8, 4) is 0 Å². The number of carbonyl (C=O) groups is 2. The van der Waals surface area contributed by atoms with Crippen LogP contribution in [-0.2, 0) is 11.2 Å². The second-order valence-corrected chi connectivity index (χ2v) is 11.1. The fourth-order valence-electron chi connectivity index (χ4n) is 6.78. The Labute approximate surface area is 206 Å². The summed E-state index contributed by atoms with van der Waals surface area (Å²) in [5.74, 6) is 1.01. The maximum absolute atomic E-state index is 13.9. The average Bonchev–Trinajstić information content (AvgIpc) is 3.47. The Morgan fingerprint density at radius 2 is 1.69 bits per heavy atom. The van der Waals surface area contributed by atoms with E-state index in [0.29, 0.717) is 37.0 Å². The minimum atomic E-state index is -0.371. The van der Waals surface area contributed by atoms with E-state index in [0.717, 1.165) is 50.5 Å². The number of benzene rings is 1. The first-order valence-corrected chi connectivity index (χ1v) is 13.1. The third-order valence-corrected chi connectivity index (χ3v) is 8.79. The molecule has 3 aromatic rings. The van der Waals surface area contributed by atoms with Crippen LogP contribution in [-0.4, -0.2) is 56.4 Å². The molecule has 6 rings (SSSR count). The number of pyridine rings is 1. The molecule has 2 unspecified atom stereocenters. The highest BCUT2D eigenvalue weighted by molar-refractivity contribution is 5.94. The normalized spacial score (nSPS) is 25.7.